The number of carboxylic acids is 1. The third-order valence-corrected chi connectivity index (χ3v) is 6.37. The first-order chi connectivity index (χ1) is 13.2. The minimum absolute atomic E-state index is 0.215. The summed E-state index contributed by atoms with van der Waals surface area (Å²) in [6, 6.07) is 6.40. The molecule has 3 rings (SSSR count). The van der Waals surface area contributed by atoms with Crippen LogP contribution in [0.5, 0.6) is 0 Å². The predicted molar refractivity (Wildman–Crippen MR) is 117 cm³/mol. The maximum Gasteiger partial charge on any atom is 0.307 e. The van der Waals surface area contributed by atoms with Crippen LogP contribution in [0.25, 0.3) is 22.3 Å². The maximum absolute atomic E-state index is 11.5. The number of nitrogens with zero attached hydrogens (tertiary/aromatic N) is 1. The van der Waals surface area contributed by atoms with E-state index in [1.807, 2.05) is 0 Å². The van der Waals surface area contributed by atoms with E-state index >= 15 is 0 Å². The van der Waals surface area contributed by atoms with Gasteiger partial charge in [0.25, 0.3) is 0 Å². The van der Waals surface area contributed by atoms with Crippen LogP contribution in [0.4, 0.5) is 0 Å². The van der Waals surface area contributed by atoms with Gasteiger partial charge < -0.3 is 5.11 Å². The molecule has 1 heterocycles. The van der Waals surface area contributed by atoms with Gasteiger partial charge in [0.1, 0.15) is 0 Å². The van der Waals surface area contributed by atoms with Crippen molar-refractivity contribution < 1.29 is 9.90 Å². The Hall–Kier alpha value is -1.20. The second-order valence-corrected chi connectivity index (χ2v) is 8.18. The summed E-state index contributed by atoms with van der Waals surface area (Å²) in [6.45, 7) is 0. The Morgan fingerprint density at radius 3 is 1.43 bits per heavy atom. The summed E-state index contributed by atoms with van der Waals surface area (Å²) >= 11 is 36.6. The Morgan fingerprint density at radius 2 is 1.11 bits per heavy atom. The monoisotopic (exact) mass is 493 g/mol. The maximum atomic E-state index is 11.5. The lowest BCUT2D eigenvalue weighted by molar-refractivity contribution is -0.136. The van der Waals surface area contributed by atoms with Crippen LogP contribution >= 0.6 is 69.6 Å². The van der Waals surface area contributed by atoms with E-state index in [1.165, 1.54) is 12.4 Å². The van der Waals surface area contributed by atoms with Crippen molar-refractivity contribution in [2.24, 2.45) is 0 Å². The van der Waals surface area contributed by atoms with Crippen molar-refractivity contribution in [2.75, 3.05) is 0 Å². The SMILES string of the molecule is O=C(O)Cc1c(-c2cc(Cl)c(Cl)c(Cl)c2)cncc1-c1cc(Cl)c(Cl)c(Cl)c1. The van der Waals surface area contributed by atoms with Crippen molar-refractivity contribution in [3.63, 3.8) is 0 Å². The molecule has 0 fully saturated rings. The Bertz CT molecular complexity index is 978. The molecule has 0 atom stereocenters. The lowest BCUT2D eigenvalue weighted by Gasteiger charge is -2.15. The number of halogens is 6. The molecule has 2 aromatic carbocycles. The minimum atomic E-state index is -1.02. The van der Waals surface area contributed by atoms with Crippen molar-refractivity contribution in [1.82, 2.24) is 4.98 Å². The number of carboxylic acid groups (broad SMARTS) is 1. The van der Waals surface area contributed by atoms with E-state index in [1.54, 1.807) is 24.3 Å². The highest BCUT2D eigenvalue weighted by Crippen LogP contribution is 2.40. The molecule has 0 aliphatic heterocycles. The number of aromatic nitrogens is 1. The predicted octanol–water partition coefficient (Wildman–Crippen LogP) is 7.96. The molecule has 0 amide bonds. The van der Waals surface area contributed by atoms with Crippen LogP contribution in [-0.2, 0) is 11.2 Å². The van der Waals surface area contributed by atoms with E-state index in [2.05, 4.69) is 4.98 Å². The van der Waals surface area contributed by atoms with E-state index in [0.717, 1.165) is 0 Å². The van der Waals surface area contributed by atoms with Crippen molar-refractivity contribution in [1.29, 1.82) is 0 Å². The number of hydrogen-bond acceptors (Lipinski definition) is 2. The van der Waals surface area contributed by atoms with E-state index in [0.29, 0.717) is 27.8 Å². The minimum Gasteiger partial charge on any atom is -0.481 e. The lowest BCUT2D eigenvalue weighted by atomic mass is 9.92. The highest BCUT2D eigenvalue weighted by molar-refractivity contribution is 6.49. The third-order valence-electron chi connectivity index (χ3n) is 3.98. The quantitative estimate of drug-likeness (QED) is 0.373. The Labute approximate surface area is 190 Å². The molecule has 3 nitrogen and oxygen atoms in total. The van der Waals surface area contributed by atoms with Gasteiger partial charge >= 0.3 is 5.97 Å². The zero-order valence-electron chi connectivity index (χ0n) is 13.7. The summed E-state index contributed by atoms with van der Waals surface area (Å²) in [5.41, 5.74) is 2.74. The Kier molecular flexibility index (Phi) is 6.65. The molecule has 1 aromatic heterocycles. The summed E-state index contributed by atoms with van der Waals surface area (Å²) in [6.07, 6.45) is 2.80. The highest BCUT2D eigenvalue weighted by atomic mass is 35.5. The van der Waals surface area contributed by atoms with Crippen molar-refractivity contribution >= 4 is 75.6 Å². The van der Waals surface area contributed by atoms with E-state index < -0.39 is 5.97 Å². The molecule has 9 heteroatoms. The van der Waals surface area contributed by atoms with E-state index in [4.69, 9.17) is 69.6 Å². The smallest absolute Gasteiger partial charge is 0.307 e. The number of rotatable bonds is 4. The first-order valence-corrected chi connectivity index (χ1v) is 9.94. The van der Waals surface area contributed by atoms with Crippen LogP contribution in [-0.4, -0.2) is 16.1 Å². The fourth-order valence-corrected chi connectivity index (χ4v) is 3.94. The number of hydrogen-bond donors (Lipinski definition) is 1. The topological polar surface area (TPSA) is 50.2 Å². The molecule has 0 radical (unpaired) electrons. The second-order valence-electron chi connectivity index (χ2n) is 5.79. The molecule has 0 bridgehead atoms. The van der Waals surface area contributed by atoms with Crippen molar-refractivity contribution in [3.8, 4) is 22.3 Å². The lowest BCUT2D eigenvalue weighted by Crippen LogP contribution is -2.05. The van der Waals surface area contributed by atoms with Gasteiger partial charge in [-0.15, -0.1) is 0 Å². The van der Waals surface area contributed by atoms with Gasteiger partial charge in [0, 0.05) is 23.5 Å². The Morgan fingerprint density at radius 1 is 0.750 bits per heavy atom. The van der Waals surface area contributed by atoms with Gasteiger partial charge in [-0.25, -0.2) is 0 Å². The molecule has 3 aromatic rings. The number of carbonyl (C=O) groups is 1. The van der Waals surface area contributed by atoms with Crippen LogP contribution in [0.3, 0.4) is 0 Å². The molecule has 0 saturated carbocycles. The average Bonchev–Trinajstić information content (AvgIpc) is 2.63. The summed E-state index contributed by atoms with van der Waals surface area (Å²) in [5.74, 6) is -1.02. The van der Waals surface area contributed by atoms with Crippen molar-refractivity contribution in [3.05, 3.63) is 72.4 Å². The summed E-state index contributed by atoms with van der Waals surface area (Å²) in [7, 11) is 0. The average molecular weight is 496 g/mol. The van der Waals surface area contributed by atoms with Crippen LogP contribution in [0.15, 0.2) is 36.7 Å². The summed E-state index contributed by atoms with van der Waals surface area (Å²) in [4.78, 5) is 15.8. The molecule has 144 valence electrons. The zero-order valence-corrected chi connectivity index (χ0v) is 18.3. The number of benzene rings is 2. The summed E-state index contributed by atoms with van der Waals surface area (Å²) < 4.78 is 0. The third kappa shape index (κ3) is 4.35. The first kappa shape index (κ1) is 21.5. The van der Waals surface area contributed by atoms with Gasteiger partial charge in [-0.1, -0.05) is 69.6 Å². The van der Waals surface area contributed by atoms with Gasteiger partial charge in [0.2, 0.25) is 0 Å². The van der Waals surface area contributed by atoms with Gasteiger partial charge in [-0.3, -0.25) is 9.78 Å². The standard InChI is InChI=1S/C19H9Cl6NO2/c20-13-1-8(2-14(21)18(13)24)11-6-26-7-12(10(11)5-17(27)28)9-3-15(22)19(25)16(23)4-9/h1-4,6-7H,5H2,(H,27,28). The van der Waals surface area contributed by atoms with Crippen LogP contribution in [0, 0.1) is 0 Å². The highest BCUT2D eigenvalue weighted by Gasteiger charge is 2.19. The molecule has 28 heavy (non-hydrogen) atoms. The van der Waals surface area contributed by atoms with Gasteiger partial charge in [0.05, 0.1) is 36.6 Å². The second kappa shape index (κ2) is 8.66. The number of aliphatic carboxylic acids is 1. The van der Waals surface area contributed by atoms with Gasteiger partial charge in [0.15, 0.2) is 0 Å². The molecule has 0 unspecified atom stereocenters. The van der Waals surface area contributed by atoms with E-state index in [-0.39, 0.29) is 36.6 Å². The van der Waals surface area contributed by atoms with Crippen LogP contribution in [0.1, 0.15) is 5.56 Å². The normalized spacial score (nSPS) is 10.9. The molecule has 0 saturated heterocycles. The van der Waals surface area contributed by atoms with Crippen LogP contribution < -0.4 is 0 Å². The Balaban J connectivity index is 2.29. The molecule has 0 spiro atoms. The van der Waals surface area contributed by atoms with E-state index in [9.17, 15) is 9.90 Å². The van der Waals surface area contributed by atoms with Crippen LogP contribution in [0.2, 0.25) is 30.1 Å². The zero-order chi connectivity index (χ0) is 20.6. The van der Waals surface area contributed by atoms with Crippen molar-refractivity contribution in [2.45, 2.75) is 6.42 Å². The molecule has 1 N–H and O–H groups in total. The fraction of sp³-hybridized carbons (Fsp3) is 0.0526. The number of pyridine rings is 1. The molecule has 0 aliphatic rings. The molecular formula is C19H9Cl6NO2. The fourth-order valence-electron chi connectivity index (χ4n) is 2.75. The first-order valence-electron chi connectivity index (χ1n) is 7.67. The molecular weight excluding hydrogens is 487 g/mol. The largest absolute Gasteiger partial charge is 0.481 e. The molecule has 0 aliphatic carbocycles. The van der Waals surface area contributed by atoms with Gasteiger partial charge in [-0.2, -0.15) is 0 Å². The summed E-state index contributed by atoms with van der Waals surface area (Å²) in [5, 5.41) is 10.9. The van der Waals surface area contributed by atoms with Gasteiger partial charge in [-0.05, 0) is 41.0 Å².